The fourth-order valence-corrected chi connectivity index (χ4v) is 1.47. The van der Waals surface area contributed by atoms with E-state index in [1.54, 1.807) is 0 Å². The number of rotatable bonds is 2. The third kappa shape index (κ3) is 1.85. The number of imidazole rings is 1. The molecule has 15 heavy (non-hydrogen) atoms. The number of alkyl halides is 2. The summed E-state index contributed by atoms with van der Waals surface area (Å²) in [6, 6.07) is 1.53. The van der Waals surface area contributed by atoms with Gasteiger partial charge in [0.05, 0.1) is 11.6 Å². The molecule has 0 bridgehead atoms. The van der Waals surface area contributed by atoms with Crippen molar-refractivity contribution >= 4 is 28.7 Å². The predicted molar refractivity (Wildman–Crippen MR) is 53.0 cm³/mol. The van der Waals surface area contributed by atoms with Gasteiger partial charge in [-0.3, -0.25) is 4.57 Å². The number of hydrogen-bond donors (Lipinski definition) is 1. The van der Waals surface area contributed by atoms with E-state index in [-0.39, 0.29) is 5.95 Å². The van der Waals surface area contributed by atoms with Gasteiger partial charge in [-0.05, 0) is 6.07 Å². The summed E-state index contributed by atoms with van der Waals surface area (Å²) in [5.74, 6) is 0.0140. The van der Waals surface area contributed by atoms with E-state index in [0.29, 0.717) is 16.2 Å². The van der Waals surface area contributed by atoms with Crippen LogP contribution in [0.5, 0.6) is 0 Å². The number of halogens is 3. The van der Waals surface area contributed by atoms with Gasteiger partial charge in [0.1, 0.15) is 5.52 Å². The zero-order valence-electron chi connectivity index (χ0n) is 7.49. The van der Waals surface area contributed by atoms with Gasteiger partial charge in [0.2, 0.25) is 5.95 Å². The second-order valence-electron chi connectivity index (χ2n) is 2.97. The van der Waals surface area contributed by atoms with Crippen molar-refractivity contribution in [1.29, 1.82) is 0 Å². The van der Waals surface area contributed by atoms with Crippen LogP contribution in [0.3, 0.4) is 0 Å². The van der Waals surface area contributed by atoms with Crippen molar-refractivity contribution in [2.75, 3.05) is 5.73 Å². The molecule has 7 heteroatoms. The van der Waals surface area contributed by atoms with Crippen molar-refractivity contribution in [3.8, 4) is 0 Å². The second kappa shape index (κ2) is 3.62. The molecular weight excluding hydrogens is 226 g/mol. The van der Waals surface area contributed by atoms with Crippen molar-refractivity contribution in [2.24, 2.45) is 0 Å². The van der Waals surface area contributed by atoms with Crippen LogP contribution in [0.2, 0.25) is 5.02 Å². The fraction of sp³-hybridized carbons (Fsp3) is 0.250. The highest BCUT2D eigenvalue weighted by Gasteiger charge is 2.13. The Morgan fingerprint density at radius 3 is 2.93 bits per heavy atom. The molecule has 0 spiro atoms. The topological polar surface area (TPSA) is 56.7 Å². The van der Waals surface area contributed by atoms with E-state index in [1.165, 1.54) is 12.3 Å². The van der Waals surface area contributed by atoms with Gasteiger partial charge in [0.15, 0.2) is 5.65 Å². The Morgan fingerprint density at radius 2 is 2.27 bits per heavy atom. The first-order valence-corrected chi connectivity index (χ1v) is 4.51. The number of nitrogen functional groups attached to an aromatic ring is 1. The third-order valence-electron chi connectivity index (χ3n) is 1.90. The fourth-order valence-electron chi connectivity index (χ4n) is 1.32. The Kier molecular flexibility index (Phi) is 2.44. The third-order valence-corrected chi connectivity index (χ3v) is 2.11. The zero-order chi connectivity index (χ0) is 11.0. The lowest BCUT2D eigenvalue weighted by Gasteiger charge is -2.03. The maximum atomic E-state index is 12.2. The zero-order valence-corrected chi connectivity index (χ0v) is 8.25. The molecule has 2 aromatic heterocycles. The van der Waals surface area contributed by atoms with E-state index in [0.717, 1.165) is 4.57 Å². The summed E-state index contributed by atoms with van der Waals surface area (Å²) in [5.41, 5.74) is 6.22. The molecule has 0 saturated carbocycles. The lowest BCUT2D eigenvalue weighted by atomic mass is 10.4. The molecular formula is C8H7ClF2N4. The number of fused-ring (bicyclic) bond motifs is 1. The Morgan fingerprint density at radius 1 is 1.53 bits per heavy atom. The summed E-state index contributed by atoms with van der Waals surface area (Å²) in [6.45, 7) is -0.517. The van der Waals surface area contributed by atoms with Gasteiger partial charge >= 0.3 is 0 Å². The first-order valence-electron chi connectivity index (χ1n) is 4.13. The highest BCUT2D eigenvalue weighted by molar-refractivity contribution is 6.31. The SMILES string of the molecule is Nc1nc2cc(Cl)cnc2n1CC(F)F. The standard InChI is InChI=1S/C8H7ClF2N4/c9-4-1-5-7(13-2-4)15(3-6(10)11)8(12)14-5/h1-2,6H,3H2,(H2,12,14). The molecule has 0 aromatic carbocycles. The molecule has 0 radical (unpaired) electrons. The van der Waals surface area contributed by atoms with Gasteiger partial charge in [0.25, 0.3) is 6.43 Å². The summed E-state index contributed by atoms with van der Waals surface area (Å²) in [7, 11) is 0. The maximum absolute atomic E-state index is 12.2. The number of nitrogens with two attached hydrogens (primary N) is 1. The minimum absolute atomic E-state index is 0.0140. The van der Waals surface area contributed by atoms with Crippen LogP contribution >= 0.6 is 11.6 Å². The van der Waals surface area contributed by atoms with E-state index in [9.17, 15) is 8.78 Å². The van der Waals surface area contributed by atoms with Crippen molar-refractivity contribution in [1.82, 2.24) is 14.5 Å². The number of anilines is 1. The minimum Gasteiger partial charge on any atom is -0.369 e. The van der Waals surface area contributed by atoms with Gasteiger partial charge in [-0.25, -0.2) is 18.7 Å². The number of hydrogen-bond acceptors (Lipinski definition) is 3. The Labute approximate surface area is 88.7 Å². The maximum Gasteiger partial charge on any atom is 0.256 e. The highest BCUT2D eigenvalue weighted by atomic mass is 35.5. The van der Waals surface area contributed by atoms with Crippen LogP contribution in [0.25, 0.3) is 11.2 Å². The number of nitrogens with zero attached hydrogens (tertiary/aromatic N) is 3. The first kappa shape index (κ1) is 10.1. The largest absolute Gasteiger partial charge is 0.369 e. The van der Waals surface area contributed by atoms with Crippen LogP contribution in [-0.4, -0.2) is 21.0 Å². The number of aromatic nitrogens is 3. The smallest absolute Gasteiger partial charge is 0.256 e. The number of pyridine rings is 1. The molecule has 4 nitrogen and oxygen atoms in total. The summed E-state index contributed by atoms with van der Waals surface area (Å²) in [6.07, 6.45) is -1.13. The summed E-state index contributed by atoms with van der Waals surface area (Å²) in [4.78, 5) is 7.80. The average molecular weight is 233 g/mol. The van der Waals surface area contributed by atoms with Gasteiger partial charge < -0.3 is 5.73 Å². The molecule has 80 valence electrons. The van der Waals surface area contributed by atoms with Crippen molar-refractivity contribution < 1.29 is 8.78 Å². The van der Waals surface area contributed by atoms with Gasteiger partial charge in [0, 0.05) is 6.20 Å². The summed E-state index contributed by atoms with van der Waals surface area (Å²) in [5, 5.41) is 0.393. The Hall–Kier alpha value is -1.43. The monoisotopic (exact) mass is 232 g/mol. The molecule has 0 unspecified atom stereocenters. The molecule has 0 aliphatic heterocycles. The molecule has 0 fully saturated rings. The summed E-state index contributed by atoms with van der Waals surface area (Å²) >= 11 is 5.69. The minimum atomic E-state index is -2.50. The summed E-state index contributed by atoms with van der Waals surface area (Å²) < 4.78 is 25.6. The Balaban J connectivity index is 2.58. The average Bonchev–Trinajstić information content (AvgIpc) is 2.41. The quantitative estimate of drug-likeness (QED) is 0.861. The lowest BCUT2D eigenvalue weighted by Crippen LogP contribution is -2.10. The van der Waals surface area contributed by atoms with E-state index in [4.69, 9.17) is 17.3 Å². The molecule has 0 atom stereocenters. The van der Waals surface area contributed by atoms with Crippen molar-refractivity contribution in [2.45, 2.75) is 13.0 Å². The normalized spacial score (nSPS) is 11.5. The molecule has 2 N–H and O–H groups in total. The first-order chi connectivity index (χ1) is 7.08. The van der Waals surface area contributed by atoms with Crippen LogP contribution in [0.15, 0.2) is 12.3 Å². The molecule has 0 saturated heterocycles. The van der Waals surface area contributed by atoms with Crippen LogP contribution in [0.4, 0.5) is 14.7 Å². The lowest BCUT2D eigenvalue weighted by molar-refractivity contribution is 0.128. The van der Waals surface area contributed by atoms with Gasteiger partial charge in [-0.2, -0.15) is 0 Å². The van der Waals surface area contributed by atoms with Crippen LogP contribution in [-0.2, 0) is 6.54 Å². The molecule has 0 amide bonds. The van der Waals surface area contributed by atoms with Crippen LogP contribution in [0.1, 0.15) is 0 Å². The molecule has 0 aliphatic rings. The van der Waals surface area contributed by atoms with E-state index < -0.39 is 13.0 Å². The van der Waals surface area contributed by atoms with Gasteiger partial charge in [-0.15, -0.1) is 0 Å². The van der Waals surface area contributed by atoms with E-state index in [1.807, 2.05) is 0 Å². The molecule has 2 rings (SSSR count). The Bertz CT molecular complexity index is 497. The molecule has 2 heterocycles. The highest BCUT2D eigenvalue weighted by Crippen LogP contribution is 2.19. The van der Waals surface area contributed by atoms with E-state index in [2.05, 4.69) is 9.97 Å². The van der Waals surface area contributed by atoms with Crippen molar-refractivity contribution in [3.63, 3.8) is 0 Å². The van der Waals surface area contributed by atoms with Crippen LogP contribution < -0.4 is 5.73 Å². The molecule has 0 aliphatic carbocycles. The molecule has 2 aromatic rings. The predicted octanol–water partition coefficient (Wildman–Crippen LogP) is 1.93. The van der Waals surface area contributed by atoms with E-state index >= 15 is 0 Å². The van der Waals surface area contributed by atoms with Crippen molar-refractivity contribution in [3.05, 3.63) is 17.3 Å². The second-order valence-corrected chi connectivity index (χ2v) is 3.40. The van der Waals surface area contributed by atoms with Gasteiger partial charge in [-0.1, -0.05) is 11.6 Å². The van der Waals surface area contributed by atoms with Crippen LogP contribution in [0, 0.1) is 0 Å².